The van der Waals surface area contributed by atoms with E-state index >= 15 is 0 Å². The first-order valence-corrected chi connectivity index (χ1v) is 7.02. The minimum atomic E-state index is -0.0231. The highest BCUT2D eigenvalue weighted by atomic mass is 35.5. The Balaban J connectivity index is 2.33. The van der Waals surface area contributed by atoms with Gasteiger partial charge in [0, 0.05) is 12.1 Å². The average molecular weight is 305 g/mol. The first-order valence-electron chi connectivity index (χ1n) is 6.64. The molecule has 4 heteroatoms. The predicted molar refractivity (Wildman–Crippen MR) is 84.3 cm³/mol. The van der Waals surface area contributed by atoms with Crippen molar-refractivity contribution in [1.29, 1.82) is 0 Å². The second kappa shape index (κ2) is 7.25. The third-order valence-electron chi connectivity index (χ3n) is 3.08. The van der Waals surface area contributed by atoms with Crippen molar-refractivity contribution in [1.82, 2.24) is 0 Å². The molecule has 0 saturated carbocycles. The van der Waals surface area contributed by atoms with Crippen LogP contribution in [-0.4, -0.2) is 26.1 Å². The van der Waals surface area contributed by atoms with Crippen molar-refractivity contribution in [2.45, 2.75) is 6.92 Å². The fourth-order valence-corrected chi connectivity index (χ4v) is 2.12. The molecule has 0 amide bonds. The van der Waals surface area contributed by atoms with Crippen molar-refractivity contribution in [3.05, 3.63) is 53.1 Å². The molecule has 0 unspecified atom stereocenters. The van der Waals surface area contributed by atoms with Gasteiger partial charge in [0.15, 0.2) is 5.78 Å². The Bertz CT molecular complexity index is 620. The van der Waals surface area contributed by atoms with E-state index in [1.54, 1.807) is 13.2 Å². The highest BCUT2D eigenvalue weighted by Gasteiger charge is 2.10. The van der Waals surface area contributed by atoms with E-state index in [9.17, 15) is 4.79 Å². The Morgan fingerprint density at radius 3 is 2.33 bits per heavy atom. The standard InChI is InChI=1S/C17H17ClO3/c1-12(19)16-8-5-14(11-17(16)21-10-9-20-2)13-3-6-15(18)7-4-13/h3-8,11H,9-10H2,1-2H3. The van der Waals surface area contributed by atoms with E-state index in [0.29, 0.717) is 29.5 Å². The number of carbonyl (C=O) groups excluding carboxylic acids is 1. The zero-order chi connectivity index (χ0) is 15.2. The van der Waals surface area contributed by atoms with Crippen LogP contribution in [-0.2, 0) is 4.74 Å². The average Bonchev–Trinajstić information content (AvgIpc) is 2.48. The van der Waals surface area contributed by atoms with Gasteiger partial charge in [-0.1, -0.05) is 29.8 Å². The van der Waals surface area contributed by atoms with Crippen LogP contribution in [0.1, 0.15) is 17.3 Å². The van der Waals surface area contributed by atoms with Crippen LogP contribution in [0.4, 0.5) is 0 Å². The SMILES string of the molecule is COCCOc1cc(-c2ccc(Cl)cc2)ccc1C(C)=O. The van der Waals surface area contributed by atoms with Crippen LogP contribution in [0.15, 0.2) is 42.5 Å². The number of carbonyl (C=O) groups is 1. The third kappa shape index (κ3) is 4.06. The van der Waals surface area contributed by atoms with Gasteiger partial charge >= 0.3 is 0 Å². The van der Waals surface area contributed by atoms with Crippen molar-refractivity contribution in [3.63, 3.8) is 0 Å². The third-order valence-corrected chi connectivity index (χ3v) is 3.34. The van der Waals surface area contributed by atoms with Gasteiger partial charge < -0.3 is 9.47 Å². The number of halogens is 1. The van der Waals surface area contributed by atoms with E-state index in [4.69, 9.17) is 21.1 Å². The molecule has 3 nitrogen and oxygen atoms in total. The lowest BCUT2D eigenvalue weighted by Crippen LogP contribution is -2.07. The molecule has 2 aromatic rings. The number of ether oxygens (including phenoxy) is 2. The molecular weight excluding hydrogens is 288 g/mol. The van der Waals surface area contributed by atoms with Gasteiger partial charge in [-0.2, -0.15) is 0 Å². The molecule has 110 valence electrons. The number of hydrogen-bond acceptors (Lipinski definition) is 3. The van der Waals surface area contributed by atoms with Crippen LogP contribution in [0.2, 0.25) is 5.02 Å². The summed E-state index contributed by atoms with van der Waals surface area (Å²) in [7, 11) is 1.61. The van der Waals surface area contributed by atoms with Crippen molar-refractivity contribution < 1.29 is 14.3 Å². The summed E-state index contributed by atoms with van der Waals surface area (Å²) >= 11 is 5.90. The Hall–Kier alpha value is -1.84. The predicted octanol–water partition coefficient (Wildman–Crippen LogP) is 4.23. The minimum Gasteiger partial charge on any atom is -0.490 e. The second-order valence-corrected chi connectivity index (χ2v) is 5.05. The van der Waals surface area contributed by atoms with Crippen molar-refractivity contribution in [2.75, 3.05) is 20.3 Å². The minimum absolute atomic E-state index is 0.0231. The maximum absolute atomic E-state index is 11.7. The number of hydrogen-bond donors (Lipinski definition) is 0. The Morgan fingerprint density at radius 2 is 1.71 bits per heavy atom. The van der Waals surface area contributed by atoms with E-state index in [1.807, 2.05) is 36.4 Å². The monoisotopic (exact) mass is 304 g/mol. The summed E-state index contributed by atoms with van der Waals surface area (Å²) in [5, 5.41) is 0.690. The highest BCUT2D eigenvalue weighted by Crippen LogP contribution is 2.28. The molecule has 0 aliphatic carbocycles. The van der Waals surface area contributed by atoms with Crippen molar-refractivity contribution in [2.24, 2.45) is 0 Å². The molecular formula is C17H17ClO3. The molecule has 0 atom stereocenters. The summed E-state index contributed by atoms with van der Waals surface area (Å²) in [6, 6.07) is 13.1. The lowest BCUT2D eigenvalue weighted by atomic mass is 10.0. The summed E-state index contributed by atoms with van der Waals surface area (Å²) in [4.78, 5) is 11.7. The van der Waals surface area contributed by atoms with Crippen molar-refractivity contribution in [3.8, 4) is 16.9 Å². The Kier molecular flexibility index (Phi) is 5.37. The van der Waals surface area contributed by atoms with E-state index in [1.165, 1.54) is 6.92 Å². The summed E-state index contributed by atoms with van der Waals surface area (Å²) in [5.74, 6) is 0.553. The molecule has 0 heterocycles. The zero-order valence-electron chi connectivity index (χ0n) is 12.1. The lowest BCUT2D eigenvalue weighted by molar-refractivity contribution is 0.100. The molecule has 21 heavy (non-hydrogen) atoms. The largest absolute Gasteiger partial charge is 0.490 e. The number of ketones is 1. The van der Waals surface area contributed by atoms with Gasteiger partial charge in [-0.25, -0.2) is 0 Å². The molecule has 0 saturated heterocycles. The van der Waals surface area contributed by atoms with E-state index in [2.05, 4.69) is 0 Å². The molecule has 0 N–H and O–H groups in total. The molecule has 0 aliphatic rings. The fourth-order valence-electron chi connectivity index (χ4n) is 1.99. The van der Waals surface area contributed by atoms with Gasteiger partial charge in [0.1, 0.15) is 12.4 Å². The van der Waals surface area contributed by atoms with Gasteiger partial charge in [0.05, 0.1) is 12.2 Å². The van der Waals surface area contributed by atoms with Gasteiger partial charge in [-0.15, -0.1) is 0 Å². The van der Waals surface area contributed by atoms with E-state index < -0.39 is 0 Å². The molecule has 0 fully saturated rings. The number of Topliss-reactive ketones (excluding diaryl/α,β-unsaturated/α-hetero) is 1. The maximum atomic E-state index is 11.7. The first kappa shape index (κ1) is 15.5. The van der Waals surface area contributed by atoms with Crippen LogP contribution in [0.3, 0.4) is 0 Å². The Morgan fingerprint density at radius 1 is 1.05 bits per heavy atom. The summed E-state index contributed by atoms with van der Waals surface area (Å²) in [6.45, 7) is 2.41. The highest BCUT2D eigenvalue weighted by molar-refractivity contribution is 6.30. The first-order chi connectivity index (χ1) is 10.1. The molecule has 2 aromatic carbocycles. The van der Waals surface area contributed by atoms with E-state index in [-0.39, 0.29) is 5.78 Å². The van der Waals surface area contributed by atoms with Crippen molar-refractivity contribution >= 4 is 17.4 Å². The summed E-state index contributed by atoms with van der Waals surface area (Å²) in [6.07, 6.45) is 0. The number of rotatable bonds is 6. The quantitative estimate of drug-likeness (QED) is 0.591. The molecule has 0 aliphatic heterocycles. The van der Waals surface area contributed by atoms with Gasteiger partial charge in [-0.05, 0) is 42.3 Å². The molecule has 2 rings (SSSR count). The van der Waals surface area contributed by atoms with Gasteiger partial charge in [0.25, 0.3) is 0 Å². The summed E-state index contributed by atoms with van der Waals surface area (Å²) < 4.78 is 10.6. The Labute approximate surface area is 129 Å². The topological polar surface area (TPSA) is 35.5 Å². The van der Waals surface area contributed by atoms with Crippen LogP contribution in [0, 0.1) is 0 Å². The van der Waals surface area contributed by atoms with Crippen LogP contribution >= 0.6 is 11.6 Å². The van der Waals surface area contributed by atoms with Crippen LogP contribution < -0.4 is 4.74 Å². The van der Waals surface area contributed by atoms with Gasteiger partial charge in [0.2, 0.25) is 0 Å². The molecule has 0 radical (unpaired) electrons. The summed E-state index contributed by atoms with van der Waals surface area (Å²) in [5.41, 5.74) is 2.57. The second-order valence-electron chi connectivity index (χ2n) is 4.62. The zero-order valence-corrected chi connectivity index (χ0v) is 12.8. The van der Waals surface area contributed by atoms with E-state index in [0.717, 1.165) is 11.1 Å². The van der Waals surface area contributed by atoms with Crippen LogP contribution in [0.25, 0.3) is 11.1 Å². The molecule has 0 spiro atoms. The van der Waals surface area contributed by atoms with Crippen LogP contribution in [0.5, 0.6) is 5.75 Å². The number of benzene rings is 2. The molecule has 0 aromatic heterocycles. The fraction of sp³-hybridized carbons (Fsp3) is 0.235. The smallest absolute Gasteiger partial charge is 0.163 e. The van der Waals surface area contributed by atoms with Gasteiger partial charge in [-0.3, -0.25) is 4.79 Å². The molecule has 0 bridgehead atoms. The number of methoxy groups -OCH3 is 1. The maximum Gasteiger partial charge on any atom is 0.163 e. The normalized spacial score (nSPS) is 10.4. The lowest BCUT2D eigenvalue weighted by Gasteiger charge is -2.12.